The summed E-state index contributed by atoms with van der Waals surface area (Å²) in [6, 6.07) is 8.02. The van der Waals surface area contributed by atoms with Crippen molar-refractivity contribution >= 4 is 33.2 Å². The molecule has 1 aromatic heterocycles. The van der Waals surface area contributed by atoms with Crippen molar-refractivity contribution in [3.05, 3.63) is 55.9 Å². The van der Waals surface area contributed by atoms with Crippen LogP contribution in [-0.2, 0) is 4.74 Å². The zero-order valence-corrected chi connectivity index (χ0v) is 13.4. The Kier molecular flexibility index (Phi) is 4.28. The largest absolute Gasteiger partial charge is 0.370 e. The first-order chi connectivity index (χ1) is 10.1. The first-order valence-electron chi connectivity index (χ1n) is 6.50. The quantitative estimate of drug-likeness (QED) is 0.883. The van der Waals surface area contributed by atoms with Crippen molar-refractivity contribution in [1.82, 2.24) is 10.2 Å². The highest BCUT2D eigenvalue weighted by atomic mass is 79.9. The summed E-state index contributed by atoms with van der Waals surface area (Å²) < 4.78 is 6.85. The van der Waals surface area contributed by atoms with Crippen molar-refractivity contribution in [2.45, 2.75) is 6.10 Å². The van der Waals surface area contributed by atoms with E-state index in [1.807, 2.05) is 29.2 Å². The number of ether oxygens (including phenoxy) is 1. The van der Waals surface area contributed by atoms with Gasteiger partial charge in [0.05, 0.1) is 18.5 Å². The molecule has 0 spiro atoms. The molecule has 2 aromatic rings. The average Bonchev–Trinajstić information content (AvgIpc) is 2.51. The number of aromatic nitrogens is 2. The summed E-state index contributed by atoms with van der Waals surface area (Å²) in [5, 5.41) is 6.31. The number of anilines is 1. The minimum atomic E-state index is -0.374. The highest BCUT2D eigenvalue weighted by Gasteiger charge is 2.24. The van der Waals surface area contributed by atoms with E-state index in [4.69, 9.17) is 16.3 Å². The predicted octanol–water partition coefficient (Wildman–Crippen LogP) is 2.76. The molecule has 2 heterocycles. The third-order valence-electron chi connectivity index (χ3n) is 3.43. The van der Waals surface area contributed by atoms with Crippen molar-refractivity contribution in [2.75, 3.05) is 24.6 Å². The third-order valence-corrected chi connectivity index (χ3v) is 4.32. The first kappa shape index (κ1) is 14.6. The van der Waals surface area contributed by atoms with Gasteiger partial charge in [0.2, 0.25) is 0 Å². The second-order valence-corrected chi connectivity index (χ2v) is 6.05. The van der Waals surface area contributed by atoms with E-state index in [1.165, 1.54) is 0 Å². The molecule has 21 heavy (non-hydrogen) atoms. The van der Waals surface area contributed by atoms with Crippen molar-refractivity contribution in [2.24, 2.45) is 0 Å². The minimum Gasteiger partial charge on any atom is -0.370 e. The summed E-state index contributed by atoms with van der Waals surface area (Å²) in [5.41, 5.74) is 1.36. The van der Waals surface area contributed by atoms with Gasteiger partial charge in [-0.05, 0) is 17.7 Å². The molecule has 0 saturated carbocycles. The van der Waals surface area contributed by atoms with Crippen LogP contribution in [-0.4, -0.2) is 29.9 Å². The number of hydrogen-bond acceptors (Lipinski definition) is 4. The lowest BCUT2D eigenvalue weighted by molar-refractivity contribution is 0.0397. The van der Waals surface area contributed by atoms with Gasteiger partial charge >= 0.3 is 0 Å². The number of rotatable bonds is 2. The molecule has 1 fully saturated rings. The first-order valence-corrected chi connectivity index (χ1v) is 7.67. The molecule has 0 amide bonds. The van der Waals surface area contributed by atoms with E-state index < -0.39 is 0 Å². The molecule has 1 aliphatic rings. The molecule has 1 aliphatic heterocycles. The Bertz CT molecular complexity index is 689. The van der Waals surface area contributed by atoms with E-state index in [-0.39, 0.29) is 16.7 Å². The van der Waals surface area contributed by atoms with Crippen LogP contribution in [0.25, 0.3) is 0 Å². The molecule has 1 aromatic carbocycles. The zero-order valence-electron chi connectivity index (χ0n) is 11.1. The van der Waals surface area contributed by atoms with Gasteiger partial charge in [0.1, 0.15) is 11.1 Å². The molecule has 0 bridgehead atoms. The van der Waals surface area contributed by atoms with Gasteiger partial charge in [-0.2, -0.15) is 5.10 Å². The number of nitrogens with one attached hydrogen (secondary N) is 1. The Morgan fingerprint density at radius 3 is 2.90 bits per heavy atom. The molecule has 0 radical (unpaired) electrons. The van der Waals surface area contributed by atoms with Crippen molar-refractivity contribution in [1.29, 1.82) is 0 Å². The van der Waals surface area contributed by atoms with Gasteiger partial charge in [-0.25, -0.2) is 5.10 Å². The monoisotopic (exact) mass is 369 g/mol. The van der Waals surface area contributed by atoms with Gasteiger partial charge in [0, 0.05) is 17.6 Å². The lowest BCUT2D eigenvalue weighted by Crippen LogP contribution is -2.39. The molecule has 1 saturated heterocycles. The van der Waals surface area contributed by atoms with Crippen molar-refractivity contribution < 1.29 is 4.74 Å². The summed E-state index contributed by atoms with van der Waals surface area (Å²) in [6.45, 7) is 1.88. The van der Waals surface area contributed by atoms with Crippen LogP contribution in [0.1, 0.15) is 11.7 Å². The topological polar surface area (TPSA) is 58.2 Å². The Morgan fingerprint density at radius 2 is 2.14 bits per heavy atom. The molecule has 7 heteroatoms. The Balaban J connectivity index is 1.84. The maximum Gasteiger partial charge on any atom is 0.285 e. The highest BCUT2D eigenvalue weighted by Crippen LogP contribution is 2.28. The molecule has 1 atom stereocenters. The minimum absolute atomic E-state index is 0.0535. The fraction of sp³-hybridized carbons (Fsp3) is 0.286. The number of H-pyrrole nitrogens is 1. The Morgan fingerprint density at radius 1 is 1.38 bits per heavy atom. The zero-order chi connectivity index (χ0) is 14.8. The average molecular weight is 371 g/mol. The van der Waals surface area contributed by atoms with Crippen LogP contribution in [0.2, 0.25) is 5.02 Å². The van der Waals surface area contributed by atoms with Gasteiger partial charge < -0.3 is 9.64 Å². The van der Waals surface area contributed by atoms with Crippen LogP contribution in [0, 0.1) is 0 Å². The number of benzene rings is 1. The fourth-order valence-corrected chi connectivity index (χ4v) is 2.82. The maximum absolute atomic E-state index is 11.6. The van der Waals surface area contributed by atoms with E-state index in [2.05, 4.69) is 26.1 Å². The van der Waals surface area contributed by atoms with Gasteiger partial charge in [-0.15, -0.1) is 0 Å². The normalized spacial score (nSPS) is 18.8. The van der Waals surface area contributed by atoms with Crippen LogP contribution in [0.5, 0.6) is 0 Å². The van der Waals surface area contributed by atoms with Crippen molar-refractivity contribution in [3.63, 3.8) is 0 Å². The molecule has 0 aliphatic carbocycles. The molecule has 1 N–H and O–H groups in total. The van der Waals surface area contributed by atoms with Gasteiger partial charge in [-0.3, -0.25) is 4.79 Å². The van der Waals surface area contributed by atoms with E-state index in [9.17, 15) is 4.79 Å². The van der Waals surface area contributed by atoms with Crippen molar-refractivity contribution in [3.8, 4) is 0 Å². The van der Waals surface area contributed by atoms with Crippen LogP contribution in [0.3, 0.4) is 0 Å². The lowest BCUT2D eigenvalue weighted by atomic mass is 10.1. The summed E-state index contributed by atoms with van der Waals surface area (Å²) in [4.78, 5) is 13.6. The second-order valence-electron chi connectivity index (χ2n) is 4.76. The number of nitrogens with zero attached hydrogens (tertiary/aromatic N) is 2. The summed E-state index contributed by atoms with van der Waals surface area (Å²) >= 11 is 9.49. The smallest absolute Gasteiger partial charge is 0.285 e. The maximum atomic E-state index is 11.6. The highest BCUT2D eigenvalue weighted by molar-refractivity contribution is 9.10. The third kappa shape index (κ3) is 3.12. The molecular weight excluding hydrogens is 358 g/mol. The van der Waals surface area contributed by atoms with E-state index >= 15 is 0 Å². The number of aromatic amines is 1. The molecular formula is C14H13BrClN3O2. The standard InChI is InChI=1S/C14H13BrClN3O2/c15-10-3-1-9(2-4-10)12-8-19(5-6-21-12)11-7-17-18-14(20)13(11)16/h1-4,7,12H,5-6,8H2,(H,18,20)/t12-/m0/s1. The fourth-order valence-electron chi connectivity index (χ4n) is 2.34. The predicted molar refractivity (Wildman–Crippen MR) is 84.9 cm³/mol. The Labute approximate surface area is 135 Å². The molecule has 3 rings (SSSR count). The summed E-state index contributed by atoms with van der Waals surface area (Å²) in [7, 11) is 0. The van der Waals surface area contributed by atoms with Crippen LogP contribution in [0.15, 0.2) is 39.7 Å². The number of hydrogen-bond donors (Lipinski definition) is 1. The summed E-state index contributed by atoms with van der Waals surface area (Å²) in [5.74, 6) is 0. The summed E-state index contributed by atoms with van der Waals surface area (Å²) in [6.07, 6.45) is 1.52. The molecule has 5 nitrogen and oxygen atoms in total. The van der Waals surface area contributed by atoms with E-state index in [0.717, 1.165) is 10.0 Å². The van der Waals surface area contributed by atoms with Crippen LogP contribution >= 0.6 is 27.5 Å². The molecule has 0 unspecified atom stereocenters. The Hall–Kier alpha value is -1.37. The number of halogens is 2. The lowest BCUT2D eigenvalue weighted by Gasteiger charge is -2.34. The molecule has 110 valence electrons. The van der Waals surface area contributed by atoms with E-state index in [1.54, 1.807) is 6.20 Å². The van der Waals surface area contributed by atoms with Crippen LogP contribution < -0.4 is 10.5 Å². The van der Waals surface area contributed by atoms with Gasteiger partial charge in [0.25, 0.3) is 5.56 Å². The second kappa shape index (κ2) is 6.17. The van der Waals surface area contributed by atoms with Crippen LogP contribution in [0.4, 0.5) is 5.69 Å². The van der Waals surface area contributed by atoms with Gasteiger partial charge in [-0.1, -0.05) is 39.7 Å². The SMILES string of the molecule is O=c1[nH]ncc(N2CCO[C@H](c3ccc(Br)cc3)C2)c1Cl. The number of morpholine rings is 1. The van der Waals surface area contributed by atoms with E-state index in [0.29, 0.717) is 25.4 Å². The van der Waals surface area contributed by atoms with Gasteiger partial charge in [0.15, 0.2) is 0 Å².